The van der Waals surface area contributed by atoms with Gasteiger partial charge in [0, 0.05) is 31.1 Å². The van der Waals surface area contributed by atoms with Gasteiger partial charge >= 0.3 is 0 Å². The average molecular weight is 333 g/mol. The van der Waals surface area contributed by atoms with E-state index in [4.69, 9.17) is 10.5 Å². The SMILES string of the molecule is NCCc1nc(C(=O)Nc2cccnc2N2CCOCC2)cs1. The van der Waals surface area contributed by atoms with E-state index in [1.807, 2.05) is 6.07 Å². The van der Waals surface area contributed by atoms with Crippen LogP contribution in [0.3, 0.4) is 0 Å². The quantitative estimate of drug-likeness (QED) is 0.852. The highest BCUT2D eigenvalue weighted by atomic mass is 32.1. The summed E-state index contributed by atoms with van der Waals surface area (Å²) in [6.45, 7) is 3.38. The molecule has 1 amide bonds. The fraction of sp³-hybridized carbons (Fsp3) is 0.400. The molecule has 2 aromatic rings. The predicted molar refractivity (Wildman–Crippen MR) is 90.1 cm³/mol. The molecule has 0 spiro atoms. The number of ether oxygens (including phenoxy) is 1. The summed E-state index contributed by atoms with van der Waals surface area (Å²) in [6, 6.07) is 3.66. The molecule has 23 heavy (non-hydrogen) atoms. The monoisotopic (exact) mass is 333 g/mol. The van der Waals surface area contributed by atoms with E-state index in [1.165, 1.54) is 11.3 Å². The molecule has 0 aliphatic carbocycles. The lowest BCUT2D eigenvalue weighted by Gasteiger charge is -2.29. The zero-order chi connectivity index (χ0) is 16.1. The number of hydrogen-bond acceptors (Lipinski definition) is 7. The topological polar surface area (TPSA) is 93.4 Å². The Hall–Kier alpha value is -2.03. The van der Waals surface area contributed by atoms with Gasteiger partial charge in [-0.25, -0.2) is 9.97 Å². The van der Waals surface area contributed by atoms with E-state index in [2.05, 4.69) is 20.2 Å². The van der Waals surface area contributed by atoms with Crippen LogP contribution in [-0.2, 0) is 11.2 Å². The van der Waals surface area contributed by atoms with Gasteiger partial charge in [0.15, 0.2) is 5.82 Å². The summed E-state index contributed by atoms with van der Waals surface area (Å²) in [5.74, 6) is 0.536. The van der Waals surface area contributed by atoms with Gasteiger partial charge in [0.1, 0.15) is 5.69 Å². The number of amides is 1. The number of carbonyl (C=O) groups is 1. The standard InChI is InChI=1S/C15H19N5O2S/c16-4-3-13-18-12(10-23-13)15(21)19-11-2-1-5-17-14(11)20-6-8-22-9-7-20/h1-2,5,10H,3-4,6-9,16H2,(H,19,21). The van der Waals surface area contributed by atoms with Crippen molar-refractivity contribution in [3.63, 3.8) is 0 Å². The molecule has 0 aromatic carbocycles. The minimum absolute atomic E-state index is 0.230. The first-order valence-corrected chi connectivity index (χ1v) is 8.39. The number of hydrogen-bond donors (Lipinski definition) is 2. The molecule has 2 aromatic heterocycles. The lowest BCUT2D eigenvalue weighted by molar-refractivity contribution is 0.102. The van der Waals surface area contributed by atoms with Crippen molar-refractivity contribution >= 4 is 28.7 Å². The van der Waals surface area contributed by atoms with Crippen LogP contribution in [0.2, 0.25) is 0 Å². The third-order valence-corrected chi connectivity index (χ3v) is 4.40. The molecule has 1 aliphatic rings. The predicted octanol–water partition coefficient (Wildman–Crippen LogP) is 1.13. The highest BCUT2D eigenvalue weighted by Crippen LogP contribution is 2.24. The van der Waals surface area contributed by atoms with Crippen molar-refractivity contribution in [2.75, 3.05) is 43.1 Å². The Morgan fingerprint density at radius 3 is 3.04 bits per heavy atom. The highest BCUT2D eigenvalue weighted by molar-refractivity contribution is 7.09. The first-order chi connectivity index (χ1) is 11.3. The average Bonchev–Trinajstić information content (AvgIpc) is 3.05. The van der Waals surface area contributed by atoms with E-state index in [9.17, 15) is 4.79 Å². The van der Waals surface area contributed by atoms with E-state index in [0.717, 1.165) is 23.9 Å². The molecule has 8 heteroatoms. The highest BCUT2D eigenvalue weighted by Gasteiger charge is 2.18. The Balaban J connectivity index is 1.75. The summed E-state index contributed by atoms with van der Waals surface area (Å²) in [6.07, 6.45) is 2.41. The van der Waals surface area contributed by atoms with Crippen LogP contribution in [0.4, 0.5) is 11.5 Å². The largest absolute Gasteiger partial charge is 0.378 e. The second kappa shape index (κ2) is 7.49. The molecule has 3 heterocycles. The second-order valence-electron chi connectivity index (χ2n) is 5.09. The number of thiazole rings is 1. The molecular formula is C15H19N5O2S. The summed E-state index contributed by atoms with van der Waals surface area (Å²) in [4.78, 5) is 23.2. The fourth-order valence-corrected chi connectivity index (χ4v) is 3.16. The van der Waals surface area contributed by atoms with Gasteiger partial charge in [-0.05, 0) is 18.7 Å². The van der Waals surface area contributed by atoms with Crippen molar-refractivity contribution in [2.24, 2.45) is 5.73 Å². The summed E-state index contributed by atoms with van der Waals surface area (Å²) >= 11 is 1.45. The smallest absolute Gasteiger partial charge is 0.275 e. The molecule has 0 saturated carbocycles. The Bertz CT molecular complexity index is 669. The number of aromatic nitrogens is 2. The number of nitrogens with one attached hydrogen (secondary N) is 1. The van der Waals surface area contributed by atoms with Crippen molar-refractivity contribution in [3.05, 3.63) is 34.4 Å². The van der Waals surface area contributed by atoms with E-state index in [-0.39, 0.29) is 5.91 Å². The number of rotatable bonds is 5. The maximum Gasteiger partial charge on any atom is 0.275 e. The molecule has 0 atom stereocenters. The molecule has 3 rings (SSSR count). The second-order valence-corrected chi connectivity index (χ2v) is 6.04. The molecule has 3 N–H and O–H groups in total. The van der Waals surface area contributed by atoms with Crippen molar-refractivity contribution in [1.82, 2.24) is 9.97 Å². The maximum atomic E-state index is 12.4. The third kappa shape index (κ3) is 3.84. The van der Waals surface area contributed by atoms with Gasteiger partial charge in [-0.15, -0.1) is 11.3 Å². The Labute approximate surface area is 138 Å². The van der Waals surface area contributed by atoms with Gasteiger partial charge in [0.05, 0.1) is 23.9 Å². The number of pyridine rings is 1. The minimum Gasteiger partial charge on any atom is -0.378 e. The molecule has 0 unspecified atom stereocenters. The first kappa shape index (κ1) is 15.9. The molecule has 0 radical (unpaired) electrons. The van der Waals surface area contributed by atoms with Gasteiger partial charge in [0.2, 0.25) is 0 Å². The van der Waals surface area contributed by atoms with Crippen molar-refractivity contribution in [1.29, 1.82) is 0 Å². The fourth-order valence-electron chi connectivity index (χ4n) is 2.36. The number of carbonyl (C=O) groups excluding carboxylic acids is 1. The lowest BCUT2D eigenvalue weighted by Crippen LogP contribution is -2.37. The third-order valence-electron chi connectivity index (χ3n) is 3.49. The number of nitrogens with zero attached hydrogens (tertiary/aromatic N) is 3. The van der Waals surface area contributed by atoms with Crippen LogP contribution in [0.15, 0.2) is 23.7 Å². The maximum absolute atomic E-state index is 12.4. The van der Waals surface area contributed by atoms with Crippen LogP contribution < -0.4 is 16.0 Å². The van der Waals surface area contributed by atoms with Crippen molar-refractivity contribution in [2.45, 2.75) is 6.42 Å². The first-order valence-electron chi connectivity index (χ1n) is 7.51. The molecular weight excluding hydrogens is 314 g/mol. The van der Waals surface area contributed by atoms with Gasteiger partial charge in [-0.1, -0.05) is 0 Å². The van der Waals surface area contributed by atoms with Crippen molar-refractivity contribution < 1.29 is 9.53 Å². The lowest BCUT2D eigenvalue weighted by atomic mass is 10.3. The van der Waals surface area contributed by atoms with E-state index in [1.54, 1.807) is 17.6 Å². The van der Waals surface area contributed by atoms with Gasteiger partial charge in [0.25, 0.3) is 5.91 Å². The number of nitrogens with two attached hydrogens (primary N) is 1. The number of morpholine rings is 1. The molecule has 122 valence electrons. The normalized spacial score (nSPS) is 14.7. The molecule has 0 bridgehead atoms. The molecule has 1 fully saturated rings. The van der Waals surface area contributed by atoms with Crippen LogP contribution in [0, 0.1) is 0 Å². The van der Waals surface area contributed by atoms with Crippen LogP contribution in [0.1, 0.15) is 15.5 Å². The summed E-state index contributed by atoms with van der Waals surface area (Å²) in [5.41, 5.74) is 6.61. The van der Waals surface area contributed by atoms with Crippen LogP contribution in [0.5, 0.6) is 0 Å². The van der Waals surface area contributed by atoms with Gasteiger partial charge < -0.3 is 20.7 Å². The van der Waals surface area contributed by atoms with E-state index >= 15 is 0 Å². The summed E-state index contributed by atoms with van der Waals surface area (Å²) < 4.78 is 5.36. The Morgan fingerprint density at radius 1 is 1.43 bits per heavy atom. The van der Waals surface area contributed by atoms with Crippen LogP contribution >= 0.6 is 11.3 Å². The number of anilines is 2. The van der Waals surface area contributed by atoms with E-state index < -0.39 is 0 Å². The summed E-state index contributed by atoms with van der Waals surface area (Å²) in [5, 5.41) is 5.54. The summed E-state index contributed by atoms with van der Waals surface area (Å²) in [7, 11) is 0. The van der Waals surface area contributed by atoms with Crippen LogP contribution in [-0.4, -0.2) is 48.7 Å². The van der Waals surface area contributed by atoms with Crippen LogP contribution in [0.25, 0.3) is 0 Å². The molecule has 1 saturated heterocycles. The zero-order valence-electron chi connectivity index (χ0n) is 12.7. The van der Waals surface area contributed by atoms with Gasteiger partial charge in [-0.3, -0.25) is 4.79 Å². The van der Waals surface area contributed by atoms with E-state index in [0.29, 0.717) is 37.6 Å². The zero-order valence-corrected chi connectivity index (χ0v) is 13.5. The Kier molecular flexibility index (Phi) is 5.16. The molecule has 7 nitrogen and oxygen atoms in total. The minimum atomic E-state index is -0.230. The molecule has 1 aliphatic heterocycles. The Morgan fingerprint density at radius 2 is 2.26 bits per heavy atom. The van der Waals surface area contributed by atoms with Crippen molar-refractivity contribution in [3.8, 4) is 0 Å². The van der Waals surface area contributed by atoms with Gasteiger partial charge in [-0.2, -0.15) is 0 Å².